The quantitative estimate of drug-likeness (QED) is 0.644. The topological polar surface area (TPSA) is 54.4 Å². The Labute approximate surface area is 96.7 Å². The lowest BCUT2D eigenvalue weighted by Crippen LogP contribution is -2.16. The van der Waals surface area contributed by atoms with Crippen LogP contribution in [0, 0.1) is 6.92 Å². The third-order valence-electron chi connectivity index (χ3n) is 2.18. The standard InChI is InChI=1S/C12H20N2O2/c1-11-3-4-12(10-14-11)9-13-5-2-7-16-8-6-15/h3-4,10,13,15H,2,5-9H2,1H3. The van der Waals surface area contributed by atoms with Crippen molar-refractivity contribution in [3.05, 3.63) is 29.6 Å². The van der Waals surface area contributed by atoms with E-state index in [0.717, 1.165) is 25.2 Å². The van der Waals surface area contributed by atoms with Crippen molar-refractivity contribution in [2.75, 3.05) is 26.4 Å². The lowest BCUT2D eigenvalue weighted by molar-refractivity contribution is 0.0907. The molecule has 0 atom stereocenters. The zero-order chi connectivity index (χ0) is 11.6. The molecule has 0 aliphatic rings. The van der Waals surface area contributed by atoms with Crippen LogP contribution in [0.2, 0.25) is 0 Å². The molecular weight excluding hydrogens is 204 g/mol. The summed E-state index contributed by atoms with van der Waals surface area (Å²) in [5.41, 5.74) is 2.24. The van der Waals surface area contributed by atoms with Crippen molar-refractivity contribution in [3.8, 4) is 0 Å². The fourth-order valence-corrected chi connectivity index (χ4v) is 1.30. The number of pyridine rings is 1. The van der Waals surface area contributed by atoms with Gasteiger partial charge in [-0.1, -0.05) is 6.07 Å². The fraction of sp³-hybridized carbons (Fsp3) is 0.583. The molecule has 0 aliphatic carbocycles. The van der Waals surface area contributed by atoms with E-state index in [4.69, 9.17) is 9.84 Å². The van der Waals surface area contributed by atoms with Crippen LogP contribution in [0.3, 0.4) is 0 Å². The van der Waals surface area contributed by atoms with Gasteiger partial charge in [0, 0.05) is 25.0 Å². The number of aryl methyl sites for hydroxylation is 1. The zero-order valence-electron chi connectivity index (χ0n) is 9.78. The number of nitrogens with one attached hydrogen (secondary N) is 1. The van der Waals surface area contributed by atoms with Gasteiger partial charge in [0.05, 0.1) is 13.2 Å². The number of rotatable bonds is 8. The molecule has 0 spiro atoms. The molecule has 0 saturated heterocycles. The van der Waals surface area contributed by atoms with Gasteiger partial charge in [-0.25, -0.2) is 0 Å². The lowest BCUT2D eigenvalue weighted by Gasteiger charge is -2.05. The SMILES string of the molecule is Cc1ccc(CNCCCOCCO)cn1. The molecule has 0 saturated carbocycles. The Kier molecular flexibility index (Phi) is 6.72. The summed E-state index contributed by atoms with van der Waals surface area (Å²) in [5.74, 6) is 0. The first-order valence-electron chi connectivity index (χ1n) is 5.64. The van der Waals surface area contributed by atoms with Crippen LogP contribution >= 0.6 is 0 Å². The van der Waals surface area contributed by atoms with Crippen LogP contribution in [-0.2, 0) is 11.3 Å². The molecule has 0 fully saturated rings. The number of aliphatic hydroxyl groups excluding tert-OH is 1. The summed E-state index contributed by atoms with van der Waals surface area (Å²) in [6.07, 6.45) is 2.85. The second-order valence-electron chi connectivity index (χ2n) is 3.67. The average molecular weight is 224 g/mol. The van der Waals surface area contributed by atoms with Crippen LogP contribution in [0.1, 0.15) is 17.7 Å². The summed E-state index contributed by atoms with van der Waals surface area (Å²) in [6.45, 7) is 4.96. The number of aromatic nitrogens is 1. The van der Waals surface area contributed by atoms with E-state index in [1.54, 1.807) is 0 Å². The van der Waals surface area contributed by atoms with Gasteiger partial charge < -0.3 is 15.2 Å². The summed E-state index contributed by atoms with van der Waals surface area (Å²) in [5, 5.41) is 11.8. The lowest BCUT2D eigenvalue weighted by atomic mass is 10.2. The van der Waals surface area contributed by atoms with Gasteiger partial charge >= 0.3 is 0 Å². The second-order valence-corrected chi connectivity index (χ2v) is 3.67. The van der Waals surface area contributed by atoms with Gasteiger partial charge in [0.1, 0.15) is 0 Å². The van der Waals surface area contributed by atoms with Crippen LogP contribution in [0.25, 0.3) is 0 Å². The van der Waals surface area contributed by atoms with Crippen molar-refractivity contribution in [2.45, 2.75) is 19.9 Å². The first kappa shape index (κ1) is 13.1. The summed E-state index contributed by atoms with van der Waals surface area (Å²) < 4.78 is 5.15. The first-order chi connectivity index (χ1) is 7.83. The second kappa shape index (κ2) is 8.21. The first-order valence-corrected chi connectivity index (χ1v) is 5.64. The van der Waals surface area contributed by atoms with E-state index in [9.17, 15) is 0 Å². The van der Waals surface area contributed by atoms with Crippen LogP contribution in [-0.4, -0.2) is 36.5 Å². The maximum Gasteiger partial charge on any atom is 0.0697 e. The minimum atomic E-state index is 0.0997. The molecule has 16 heavy (non-hydrogen) atoms. The van der Waals surface area contributed by atoms with Crippen LogP contribution in [0.4, 0.5) is 0 Å². The van der Waals surface area contributed by atoms with Gasteiger partial charge in [-0.3, -0.25) is 4.98 Å². The third-order valence-corrected chi connectivity index (χ3v) is 2.18. The van der Waals surface area contributed by atoms with Crippen LogP contribution in [0.15, 0.2) is 18.3 Å². The van der Waals surface area contributed by atoms with E-state index in [-0.39, 0.29) is 6.61 Å². The molecule has 0 radical (unpaired) electrons. The minimum absolute atomic E-state index is 0.0997. The summed E-state index contributed by atoms with van der Waals surface area (Å²) >= 11 is 0. The van der Waals surface area contributed by atoms with E-state index < -0.39 is 0 Å². The van der Waals surface area contributed by atoms with E-state index in [0.29, 0.717) is 13.2 Å². The number of hydrogen-bond acceptors (Lipinski definition) is 4. The van der Waals surface area contributed by atoms with Gasteiger partial charge in [-0.05, 0) is 31.5 Å². The highest BCUT2D eigenvalue weighted by atomic mass is 16.5. The highest BCUT2D eigenvalue weighted by Crippen LogP contribution is 1.98. The van der Waals surface area contributed by atoms with Crippen LogP contribution < -0.4 is 5.32 Å². The zero-order valence-corrected chi connectivity index (χ0v) is 9.78. The Balaban J connectivity index is 2.01. The van der Waals surface area contributed by atoms with Gasteiger partial charge in [0.2, 0.25) is 0 Å². The Morgan fingerprint density at radius 2 is 2.25 bits per heavy atom. The number of aliphatic hydroxyl groups is 1. The van der Waals surface area contributed by atoms with Crippen molar-refractivity contribution in [2.24, 2.45) is 0 Å². The molecule has 1 heterocycles. The molecule has 1 aromatic heterocycles. The highest BCUT2D eigenvalue weighted by Gasteiger charge is 1.93. The van der Waals surface area contributed by atoms with Gasteiger partial charge in [0.15, 0.2) is 0 Å². The molecule has 0 aromatic carbocycles. The van der Waals surface area contributed by atoms with E-state index in [1.807, 2.05) is 19.2 Å². The minimum Gasteiger partial charge on any atom is -0.394 e. The van der Waals surface area contributed by atoms with E-state index in [1.165, 1.54) is 5.56 Å². The normalized spacial score (nSPS) is 10.6. The molecule has 0 bridgehead atoms. The number of nitrogens with zero attached hydrogens (tertiary/aromatic N) is 1. The van der Waals surface area contributed by atoms with Gasteiger partial charge in [-0.15, -0.1) is 0 Å². The highest BCUT2D eigenvalue weighted by molar-refractivity contribution is 5.12. The predicted octanol–water partition coefficient (Wildman–Crippen LogP) is 0.879. The monoisotopic (exact) mass is 224 g/mol. The fourth-order valence-electron chi connectivity index (χ4n) is 1.30. The molecule has 1 aromatic rings. The van der Waals surface area contributed by atoms with Crippen molar-refractivity contribution in [3.63, 3.8) is 0 Å². The van der Waals surface area contributed by atoms with E-state index >= 15 is 0 Å². The van der Waals surface area contributed by atoms with Gasteiger partial charge in [-0.2, -0.15) is 0 Å². The Hall–Kier alpha value is -0.970. The van der Waals surface area contributed by atoms with Crippen molar-refractivity contribution in [1.29, 1.82) is 0 Å². The molecule has 0 aliphatic heterocycles. The summed E-state index contributed by atoms with van der Waals surface area (Å²) in [4.78, 5) is 4.23. The Morgan fingerprint density at radius 1 is 1.38 bits per heavy atom. The molecule has 90 valence electrons. The molecular formula is C12H20N2O2. The van der Waals surface area contributed by atoms with Crippen LogP contribution in [0.5, 0.6) is 0 Å². The Morgan fingerprint density at radius 3 is 2.94 bits per heavy atom. The maximum absolute atomic E-state index is 8.49. The van der Waals surface area contributed by atoms with Crippen molar-refractivity contribution < 1.29 is 9.84 Å². The molecule has 1 rings (SSSR count). The smallest absolute Gasteiger partial charge is 0.0697 e. The third kappa shape index (κ3) is 5.80. The number of ether oxygens (including phenoxy) is 1. The number of hydrogen-bond donors (Lipinski definition) is 2. The summed E-state index contributed by atoms with van der Waals surface area (Å²) in [6, 6.07) is 4.10. The molecule has 2 N–H and O–H groups in total. The van der Waals surface area contributed by atoms with Gasteiger partial charge in [0.25, 0.3) is 0 Å². The average Bonchev–Trinajstić information content (AvgIpc) is 2.30. The largest absolute Gasteiger partial charge is 0.394 e. The van der Waals surface area contributed by atoms with E-state index in [2.05, 4.69) is 16.4 Å². The predicted molar refractivity (Wildman–Crippen MR) is 63.2 cm³/mol. The Bertz CT molecular complexity index is 275. The maximum atomic E-state index is 8.49. The molecule has 4 heteroatoms. The molecule has 0 unspecified atom stereocenters. The summed E-state index contributed by atoms with van der Waals surface area (Å²) in [7, 11) is 0. The molecule has 0 amide bonds. The molecule has 4 nitrogen and oxygen atoms in total. The van der Waals surface area contributed by atoms with Crippen molar-refractivity contribution in [1.82, 2.24) is 10.3 Å². The van der Waals surface area contributed by atoms with Crippen molar-refractivity contribution >= 4 is 0 Å².